The molecule has 0 amide bonds. The number of nitrogens with one attached hydrogen (secondary N) is 1. The van der Waals surface area contributed by atoms with Crippen LogP contribution in [0, 0.1) is 12.7 Å². The van der Waals surface area contributed by atoms with Gasteiger partial charge in [-0.05, 0) is 60.5 Å². The fourth-order valence-corrected chi connectivity index (χ4v) is 3.33. The highest BCUT2D eigenvalue weighted by molar-refractivity contribution is 5.40. The lowest BCUT2D eigenvalue weighted by atomic mass is 9.73. The maximum absolute atomic E-state index is 13.5. The van der Waals surface area contributed by atoms with Gasteiger partial charge in [-0.3, -0.25) is 0 Å². The van der Waals surface area contributed by atoms with Crippen molar-refractivity contribution in [2.45, 2.75) is 38.6 Å². The molecule has 0 fully saturated rings. The number of hydrogen-bond donors (Lipinski definition) is 1. The van der Waals surface area contributed by atoms with Crippen molar-refractivity contribution in [3.05, 3.63) is 70.5 Å². The Labute approximate surface area is 126 Å². The van der Waals surface area contributed by atoms with Crippen molar-refractivity contribution < 1.29 is 4.39 Å². The van der Waals surface area contributed by atoms with Crippen LogP contribution in [0.25, 0.3) is 0 Å². The van der Waals surface area contributed by atoms with Gasteiger partial charge < -0.3 is 5.32 Å². The predicted molar refractivity (Wildman–Crippen MR) is 85.1 cm³/mol. The summed E-state index contributed by atoms with van der Waals surface area (Å²) in [5.41, 5.74) is 4.89. The molecule has 2 unspecified atom stereocenters. The predicted octanol–water partition coefficient (Wildman–Crippen LogP) is 4.51. The van der Waals surface area contributed by atoms with E-state index >= 15 is 0 Å². The first-order chi connectivity index (χ1) is 10.2. The van der Waals surface area contributed by atoms with Gasteiger partial charge in [-0.25, -0.2) is 4.39 Å². The maximum atomic E-state index is 13.5. The summed E-state index contributed by atoms with van der Waals surface area (Å²) in [4.78, 5) is 0. The van der Waals surface area contributed by atoms with Gasteiger partial charge >= 0.3 is 0 Å². The van der Waals surface area contributed by atoms with E-state index in [-0.39, 0.29) is 5.82 Å². The SMILES string of the molecule is CCNC(CC1Cc2ccccc21)c1ccc(F)c(C)c1. The topological polar surface area (TPSA) is 12.0 Å². The molecule has 0 aromatic heterocycles. The molecule has 0 aliphatic heterocycles. The lowest BCUT2D eigenvalue weighted by Crippen LogP contribution is -2.27. The summed E-state index contributed by atoms with van der Waals surface area (Å²) < 4.78 is 13.5. The van der Waals surface area contributed by atoms with Crippen molar-refractivity contribution in [3.63, 3.8) is 0 Å². The van der Waals surface area contributed by atoms with Crippen LogP contribution in [0.5, 0.6) is 0 Å². The molecular formula is C19H22FN. The average Bonchev–Trinajstić information content (AvgIpc) is 2.46. The third-order valence-electron chi connectivity index (χ3n) is 4.52. The van der Waals surface area contributed by atoms with Crippen LogP contribution in [-0.2, 0) is 6.42 Å². The lowest BCUT2D eigenvalue weighted by Gasteiger charge is -2.33. The summed E-state index contributed by atoms with van der Waals surface area (Å²) in [6.07, 6.45) is 2.24. The van der Waals surface area contributed by atoms with E-state index in [9.17, 15) is 4.39 Å². The normalized spacial score (nSPS) is 18.0. The number of rotatable bonds is 5. The van der Waals surface area contributed by atoms with E-state index < -0.39 is 0 Å². The van der Waals surface area contributed by atoms with E-state index in [1.807, 2.05) is 19.1 Å². The standard InChI is InChI=1S/C19H22FN/c1-3-21-19(15-8-9-18(20)13(2)10-15)12-16-11-14-6-4-5-7-17(14)16/h4-10,16,19,21H,3,11-12H2,1-2H3. The minimum atomic E-state index is -0.122. The molecule has 0 saturated heterocycles. The Morgan fingerprint density at radius 3 is 2.76 bits per heavy atom. The van der Waals surface area contributed by atoms with Crippen molar-refractivity contribution in [2.24, 2.45) is 0 Å². The van der Waals surface area contributed by atoms with Crippen LogP contribution >= 0.6 is 0 Å². The molecule has 2 aromatic carbocycles. The smallest absolute Gasteiger partial charge is 0.126 e. The second-order valence-corrected chi connectivity index (χ2v) is 5.95. The molecule has 0 spiro atoms. The Kier molecular flexibility index (Phi) is 4.07. The molecule has 1 aliphatic rings. The monoisotopic (exact) mass is 283 g/mol. The van der Waals surface area contributed by atoms with Crippen LogP contribution in [-0.4, -0.2) is 6.54 Å². The minimum absolute atomic E-state index is 0.122. The third kappa shape index (κ3) is 2.86. The van der Waals surface area contributed by atoms with Gasteiger partial charge in [-0.15, -0.1) is 0 Å². The summed E-state index contributed by atoms with van der Waals surface area (Å²) in [5.74, 6) is 0.499. The molecule has 0 radical (unpaired) electrons. The number of benzene rings is 2. The summed E-state index contributed by atoms with van der Waals surface area (Å²) in [5, 5.41) is 3.55. The first-order valence-corrected chi connectivity index (χ1v) is 7.76. The van der Waals surface area contributed by atoms with E-state index in [0.29, 0.717) is 12.0 Å². The minimum Gasteiger partial charge on any atom is -0.310 e. The molecule has 3 rings (SSSR count). The Balaban J connectivity index is 1.78. The largest absolute Gasteiger partial charge is 0.310 e. The molecule has 0 bridgehead atoms. The second-order valence-electron chi connectivity index (χ2n) is 5.95. The second kappa shape index (κ2) is 5.98. The van der Waals surface area contributed by atoms with Gasteiger partial charge in [0.05, 0.1) is 0 Å². The number of hydrogen-bond acceptors (Lipinski definition) is 1. The van der Waals surface area contributed by atoms with E-state index in [4.69, 9.17) is 0 Å². The first kappa shape index (κ1) is 14.3. The highest BCUT2D eigenvalue weighted by Crippen LogP contribution is 2.40. The fraction of sp³-hybridized carbons (Fsp3) is 0.368. The van der Waals surface area contributed by atoms with E-state index in [1.54, 1.807) is 6.07 Å². The van der Waals surface area contributed by atoms with Crippen molar-refractivity contribution in [2.75, 3.05) is 6.54 Å². The fourth-order valence-electron chi connectivity index (χ4n) is 3.33. The van der Waals surface area contributed by atoms with Gasteiger partial charge in [0, 0.05) is 6.04 Å². The zero-order valence-corrected chi connectivity index (χ0v) is 12.7. The van der Waals surface area contributed by atoms with Gasteiger partial charge in [0.15, 0.2) is 0 Å². The van der Waals surface area contributed by atoms with Crippen molar-refractivity contribution in [1.82, 2.24) is 5.32 Å². The van der Waals surface area contributed by atoms with Gasteiger partial charge in [0.2, 0.25) is 0 Å². The van der Waals surface area contributed by atoms with Gasteiger partial charge in [-0.2, -0.15) is 0 Å². The lowest BCUT2D eigenvalue weighted by molar-refractivity contribution is 0.435. The highest BCUT2D eigenvalue weighted by atomic mass is 19.1. The van der Waals surface area contributed by atoms with Gasteiger partial charge in [0.25, 0.3) is 0 Å². The van der Waals surface area contributed by atoms with Gasteiger partial charge in [0.1, 0.15) is 5.82 Å². The molecule has 2 atom stereocenters. The van der Waals surface area contributed by atoms with E-state index in [0.717, 1.165) is 24.9 Å². The van der Waals surface area contributed by atoms with E-state index in [1.165, 1.54) is 16.7 Å². The van der Waals surface area contributed by atoms with Crippen LogP contribution in [0.4, 0.5) is 4.39 Å². The van der Waals surface area contributed by atoms with Crippen molar-refractivity contribution in [1.29, 1.82) is 0 Å². The summed E-state index contributed by atoms with van der Waals surface area (Å²) in [7, 11) is 0. The molecule has 21 heavy (non-hydrogen) atoms. The summed E-state index contributed by atoms with van der Waals surface area (Å²) >= 11 is 0. The molecular weight excluding hydrogens is 261 g/mol. The van der Waals surface area contributed by atoms with Crippen LogP contribution in [0.3, 0.4) is 0 Å². The quantitative estimate of drug-likeness (QED) is 0.851. The van der Waals surface area contributed by atoms with Crippen molar-refractivity contribution >= 4 is 0 Å². The zero-order valence-electron chi connectivity index (χ0n) is 12.7. The Morgan fingerprint density at radius 1 is 1.24 bits per heavy atom. The van der Waals surface area contributed by atoms with Crippen LogP contribution < -0.4 is 5.32 Å². The molecule has 0 heterocycles. The first-order valence-electron chi connectivity index (χ1n) is 7.76. The van der Waals surface area contributed by atoms with Crippen LogP contribution in [0.15, 0.2) is 42.5 Å². The zero-order chi connectivity index (χ0) is 14.8. The van der Waals surface area contributed by atoms with Crippen LogP contribution in [0.1, 0.15) is 47.6 Å². The Morgan fingerprint density at radius 2 is 2.05 bits per heavy atom. The van der Waals surface area contributed by atoms with Crippen molar-refractivity contribution in [3.8, 4) is 0 Å². The summed E-state index contributed by atoms with van der Waals surface area (Å²) in [6.45, 7) is 4.88. The molecule has 2 aromatic rings. The summed E-state index contributed by atoms with van der Waals surface area (Å²) in [6, 6.07) is 14.5. The van der Waals surface area contributed by atoms with Gasteiger partial charge in [-0.1, -0.05) is 43.3 Å². The molecule has 110 valence electrons. The Bertz CT molecular complexity index is 635. The maximum Gasteiger partial charge on any atom is 0.126 e. The third-order valence-corrected chi connectivity index (χ3v) is 4.52. The number of aryl methyl sites for hydroxylation is 1. The molecule has 0 saturated carbocycles. The number of fused-ring (bicyclic) bond motifs is 1. The molecule has 1 aliphatic carbocycles. The molecule has 1 nitrogen and oxygen atoms in total. The molecule has 1 N–H and O–H groups in total. The Hall–Kier alpha value is -1.67. The van der Waals surface area contributed by atoms with E-state index in [2.05, 4.69) is 36.5 Å². The number of halogens is 1. The highest BCUT2D eigenvalue weighted by Gasteiger charge is 2.28. The van der Waals surface area contributed by atoms with Crippen LogP contribution in [0.2, 0.25) is 0 Å². The molecule has 2 heteroatoms. The average molecular weight is 283 g/mol.